The van der Waals surface area contributed by atoms with Crippen molar-refractivity contribution in [3.63, 3.8) is 0 Å². The third-order valence-electron chi connectivity index (χ3n) is 3.03. The van der Waals surface area contributed by atoms with Crippen molar-refractivity contribution in [2.75, 3.05) is 20.7 Å². The van der Waals surface area contributed by atoms with Gasteiger partial charge in [0.15, 0.2) is 0 Å². The normalized spacial score (nSPS) is 10.5. The average Bonchev–Trinajstić information content (AvgIpc) is 2.93. The molecule has 6 heteroatoms. The van der Waals surface area contributed by atoms with Crippen LogP contribution in [0.2, 0.25) is 0 Å². The molecular weight excluding hydrogens is 276 g/mol. The molecule has 106 valence electrons. The number of fused-ring (bicyclic) bond motifs is 1. The van der Waals surface area contributed by atoms with Crippen LogP contribution in [0.4, 0.5) is 0 Å². The van der Waals surface area contributed by atoms with Gasteiger partial charge in [0.2, 0.25) is 0 Å². The van der Waals surface area contributed by atoms with Crippen molar-refractivity contribution in [1.29, 1.82) is 0 Å². The van der Waals surface area contributed by atoms with Crippen LogP contribution < -0.4 is 0 Å². The highest BCUT2D eigenvalue weighted by atomic mass is 32.1. The molecule has 0 fully saturated rings. The van der Waals surface area contributed by atoms with Crippen LogP contribution in [0.25, 0.3) is 10.2 Å². The first kappa shape index (κ1) is 14.5. The minimum Gasteiger partial charge on any atom is -0.469 e. The van der Waals surface area contributed by atoms with Crippen molar-refractivity contribution in [2.45, 2.75) is 12.8 Å². The maximum Gasteiger partial charge on any atom is 0.305 e. The van der Waals surface area contributed by atoms with Crippen LogP contribution in [0.5, 0.6) is 0 Å². The number of carbonyl (C=O) groups excluding carboxylic acids is 2. The molecule has 0 aliphatic rings. The zero-order valence-electron chi connectivity index (χ0n) is 11.5. The number of amides is 1. The summed E-state index contributed by atoms with van der Waals surface area (Å²) in [4.78, 5) is 29.1. The van der Waals surface area contributed by atoms with Crippen molar-refractivity contribution in [2.24, 2.45) is 0 Å². The average molecular weight is 292 g/mol. The molecule has 0 spiro atoms. The van der Waals surface area contributed by atoms with Crippen LogP contribution in [0.3, 0.4) is 0 Å². The molecule has 1 aromatic carbocycles. The van der Waals surface area contributed by atoms with Crippen LogP contribution in [-0.2, 0) is 9.53 Å². The number of aromatic nitrogens is 1. The van der Waals surface area contributed by atoms with E-state index < -0.39 is 0 Å². The number of hydrogen-bond acceptors (Lipinski definition) is 5. The molecule has 20 heavy (non-hydrogen) atoms. The van der Waals surface area contributed by atoms with Crippen molar-refractivity contribution in [3.8, 4) is 0 Å². The first-order valence-electron chi connectivity index (χ1n) is 6.27. The second-order valence-corrected chi connectivity index (χ2v) is 5.33. The zero-order chi connectivity index (χ0) is 14.5. The molecule has 0 saturated carbocycles. The third-order valence-corrected chi connectivity index (χ3v) is 3.82. The Hall–Kier alpha value is -1.95. The molecule has 1 amide bonds. The maximum absolute atomic E-state index is 12.2. The van der Waals surface area contributed by atoms with Crippen LogP contribution >= 0.6 is 11.3 Å². The molecule has 0 saturated heterocycles. The fraction of sp³-hybridized carbons (Fsp3) is 0.357. The quantitative estimate of drug-likeness (QED) is 0.794. The first-order chi connectivity index (χ1) is 9.61. The van der Waals surface area contributed by atoms with E-state index in [0.717, 1.165) is 10.2 Å². The van der Waals surface area contributed by atoms with Crippen molar-refractivity contribution >= 4 is 33.4 Å². The van der Waals surface area contributed by atoms with Gasteiger partial charge in [0, 0.05) is 25.6 Å². The summed E-state index contributed by atoms with van der Waals surface area (Å²) in [5, 5.41) is 0. The predicted octanol–water partition coefficient (Wildman–Crippen LogP) is 2.32. The summed E-state index contributed by atoms with van der Waals surface area (Å²) in [5.41, 5.74) is 3.31. The van der Waals surface area contributed by atoms with E-state index in [1.54, 1.807) is 23.5 Å². The number of rotatable bonds is 5. The van der Waals surface area contributed by atoms with Crippen LogP contribution in [0.15, 0.2) is 23.7 Å². The molecule has 2 rings (SSSR count). The van der Waals surface area contributed by atoms with Crippen LogP contribution in [-0.4, -0.2) is 42.5 Å². The predicted molar refractivity (Wildman–Crippen MR) is 77.8 cm³/mol. The lowest BCUT2D eigenvalue weighted by atomic mass is 10.2. The second-order valence-electron chi connectivity index (χ2n) is 4.44. The molecule has 0 N–H and O–H groups in total. The number of benzene rings is 1. The Morgan fingerprint density at radius 2 is 2.20 bits per heavy atom. The van der Waals surface area contributed by atoms with E-state index >= 15 is 0 Å². The second kappa shape index (κ2) is 6.47. The highest BCUT2D eigenvalue weighted by Gasteiger charge is 2.13. The molecule has 0 radical (unpaired) electrons. The van der Waals surface area contributed by atoms with E-state index in [4.69, 9.17) is 0 Å². The van der Waals surface area contributed by atoms with Gasteiger partial charge in [-0.15, -0.1) is 11.3 Å². The molecular formula is C14H16N2O3S. The van der Waals surface area contributed by atoms with Gasteiger partial charge in [-0.2, -0.15) is 0 Å². The SMILES string of the molecule is COC(=O)CCCN(C)C(=O)c1ccc2ncsc2c1. The summed E-state index contributed by atoms with van der Waals surface area (Å²) in [6.07, 6.45) is 0.916. The van der Waals surface area contributed by atoms with Crippen LogP contribution in [0, 0.1) is 0 Å². The zero-order valence-corrected chi connectivity index (χ0v) is 12.3. The minimum atomic E-state index is -0.253. The third kappa shape index (κ3) is 3.33. The molecule has 0 aliphatic carbocycles. The molecule has 5 nitrogen and oxygen atoms in total. The molecule has 0 unspecified atom stereocenters. The first-order valence-corrected chi connectivity index (χ1v) is 7.15. The summed E-state index contributed by atoms with van der Waals surface area (Å²) in [6, 6.07) is 5.48. The highest BCUT2D eigenvalue weighted by molar-refractivity contribution is 7.16. The molecule has 1 heterocycles. The summed E-state index contributed by atoms with van der Waals surface area (Å²) >= 11 is 1.51. The van der Waals surface area contributed by atoms with Crippen molar-refractivity contribution in [1.82, 2.24) is 9.88 Å². The number of carbonyl (C=O) groups is 2. The Morgan fingerprint density at radius 1 is 1.40 bits per heavy atom. The Morgan fingerprint density at radius 3 is 2.95 bits per heavy atom. The lowest BCUT2D eigenvalue weighted by molar-refractivity contribution is -0.140. The van der Waals surface area contributed by atoms with Gasteiger partial charge in [-0.1, -0.05) is 0 Å². The van der Waals surface area contributed by atoms with Crippen molar-refractivity contribution < 1.29 is 14.3 Å². The Kier molecular flexibility index (Phi) is 4.68. The monoisotopic (exact) mass is 292 g/mol. The van der Waals surface area contributed by atoms with E-state index in [-0.39, 0.29) is 11.9 Å². The fourth-order valence-corrected chi connectivity index (χ4v) is 2.59. The lowest BCUT2D eigenvalue weighted by Crippen LogP contribution is -2.28. The standard InChI is InChI=1S/C14H16N2O3S/c1-16(7-3-4-13(17)19-2)14(18)10-5-6-11-12(8-10)20-9-15-11/h5-6,8-9H,3-4,7H2,1-2H3. The van der Waals surface area contributed by atoms with Gasteiger partial charge < -0.3 is 9.64 Å². The minimum absolute atomic E-state index is 0.0508. The van der Waals surface area contributed by atoms with Gasteiger partial charge in [-0.3, -0.25) is 9.59 Å². The summed E-state index contributed by atoms with van der Waals surface area (Å²) in [6.45, 7) is 0.522. The Balaban J connectivity index is 1.97. The molecule has 0 aliphatic heterocycles. The Labute approximate surface area is 121 Å². The highest BCUT2D eigenvalue weighted by Crippen LogP contribution is 2.19. The molecule has 0 atom stereocenters. The van der Waals surface area contributed by atoms with Gasteiger partial charge in [-0.05, 0) is 24.6 Å². The van der Waals surface area contributed by atoms with Gasteiger partial charge in [0.05, 0.1) is 22.8 Å². The summed E-state index contributed by atoms with van der Waals surface area (Å²) in [7, 11) is 3.10. The van der Waals surface area contributed by atoms with E-state index in [1.807, 2.05) is 12.1 Å². The Bertz CT molecular complexity index is 624. The van der Waals surface area contributed by atoms with Crippen molar-refractivity contribution in [3.05, 3.63) is 29.3 Å². The molecule has 2 aromatic rings. The number of ether oxygens (including phenoxy) is 1. The smallest absolute Gasteiger partial charge is 0.305 e. The number of methoxy groups -OCH3 is 1. The van der Waals surface area contributed by atoms with Gasteiger partial charge in [-0.25, -0.2) is 4.98 Å². The van der Waals surface area contributed by atoms with Gasteiger partial charge in [0.25, 0.3) is 5.91 Å². The summed E-state index contributed by atoms with van der Waals surface area (Å²) < 4.78 is 5.57. The molecule has 0 bridgehead atoms. The largest absolute Gasteiger partial charge is 0.469 e. The lowest BCUT2D eigenvalue weighted by Gasteiger charge is -2.16. The van der Waals surface area contributed by atoms with E-state index in [2.05, 4.69) is 9.72 Å². The van der Waals surface area contributed by atoms with E-state index in [9.17, 15) is 9.59 Å². The number of esters is 1. The number of hydrogen-bond donors (Lipinski definition) is 0. The number of nitrogens with zero attached hydrogens (tertiary/aromatic N) is 2. The van der Waals surface area contributed by atoms with Gasteiger partial charge >= 0.3 is 5.97 Å². The topological polar surface area (TPSA) is 59.5 Å². The van der Waals surface area contributed by atoms with Gasteiger partial charge in [0.1, 0.15) is 0 Å². The maximum atomic E-state index is 12.2. The summed E-state index contributed by atoms with van der Waals surface area (Å²) in [5.74, 6) is -0.304. The fourth-order valence-electron chi connectivity index (χ4n) is 1.87. The van der Waals surface area contributed by atoms with E-state index in [0.29, 0.717) is 24.9 Å². The molecule has 1 aromatic heterocycles. The number of thiazole rings is 1. The van der Waals surface area contributed by atoms with Crippen LogP contribution in [0.1, 0.15) is 23.2 Å². The van der Waals surface area contributed by atoms with E-state index in [1.165, 1.54) is 18.4 Å².